The molecule has 1 amide bonds. The van der Waals surface area contributed by atoms with Crippen LogP contribution in [0.4, 0.5) is 5.69 Å². The van der Waals surface area contributed by atoms with Crippen LogP contribution in [-0.2, 0) is 0 Å². The molecule has 0 saturated heterocycles. The fourth-order valence-corrected chi connectivity index (χ4v) is 2.35. The second-order valence-electron chi connectivity index (χ2n) is 5.14. The van der Waals surface area contributed by atoms with E-state index in [9.17, 15) is 4.79 Å². The largest absolute Gasteiger partial charge is 0.481 e. The number of hydrogen-bond acceptors (Lipinski definition) is 5. The maximum atomic E-state index is 12.4. The Morgan fingerprint density at radius 3 is 2.67 bits per heavy atom. The summed E-state index contributed by atoms with van der Waals surface area (Å²) < 4.78 is 4.99. The number of pyridine rings is 1. The Balaban J connectivity index is 1.82. The van der Waals surface area contributed by atoms with Crippen LogP contribution < -0.4 is 15.9 Å². The number of nitrogens with zero attached hydrogens (tertiary/aromatic N) is 2. The molecule has 0 spiro atoms. The van der Waals surface area contributed by atoms with Crippen LogP contribution in [-0.4, -0.2) is 24.2 Å². The molecule has 6 nitrogen and oxygen atoms in total. The number of hydrogen-bond donors (Lipinski definition) is 2. The highest BCUT2D eigenvalue weighted by Gasteiger charge is 2.08. The van der Waals surface area contributed by atoms with Gasteiger partial charge in [-0.1, -0.05) is 18.2 Å². The number of methoxy groups -OCH3 is 1. The number of ether oxygens (including phenoxy) is 1. The zero-order valence-electron chi connectivity index (χ0n) is 13.1. The number of carbonyl (C=O) groups is 1. The number of nitrogens with two attached hydrogens (primary N) is 1. The number of benzene rings is 2. The van der Waals surface area contributed by atoms with Gasteiger partial charge in [-0.2, -0.15) is 5.10 Å². The molecule has 0 radical (unpaired) electrons. The van der Waals surface area contributed by atoms with Crippen LogP contribution in [0.1, 0.15) is 15.9 Å². The lowest BCUT2D eigenvalue weighted by Gasteiger charge is -2.07. The zero-order chi connectivity index (χ0) is 16.9. The molecular weight excluding hydrogens is 304 g/mol. The molecule has 120 valence electrons. The highest BCUT2D eigenvalue weighted by molar-refractivity contribution is 6.06. The van der Waals surface area contributed by atoms with E-state index >= 15 is 0 Å². The van der Waals surface area contributed by atoms with Crippen LogP contribution in [0.2, 0.25) is 0 Å². The maximum Gasteiger partial charge on any atom is 0.255 e. The van der Waals surface area contributed by atoms with E-state index in [0.717, 1.165) is 16.3 Å². The van der Waals surface area contributed by atoms with Crippen molar-refractivity contribution in [2.45, 2.75) is 0 Å². The van der Waals surface area contributed by atoms with Crippen LogP contribution in [0.5, 0.6) is 5.88 Å². The second-order valence-corrected chi connectivity index (χ2v) is 5.14. The molecule has 0 aliphatic carbocycles. The van der Waals surface area contributed by atoms with Gasteiger partial charge < -0.3 is 15.9 Å². The van der Waals surface area contributed by atoms with Gasteiger partial charge in [-0.3, -0.25) is 4.79 Å². The number of rotatable bonds is 4. The van der Waals surface area contributed by atoms with Gasteiger partial charge in [-0.15, -0.1) is 0 Å². The molecule has 0 bridgehead atoms. The molecular formula is C18H16N4O2. The van der Waals surface area contributed by atoms with Gasteiger partial charge in [0.1, 0.15) is 0 Å². The van der Waals surface area contributed by atoms with E-state index in [1.54, 1.807) is 37.7 Å². The Morgan fingerprint density at radius 1 is 1.17 bits per heavy atom. The number of nitrogens with one attached hydrogen (secondary N) is 1. The van der Waals surface area contributed by atoms with Crippen molar-refractivity contribution in [2.75, 3.05) is 12.4 Å². The predicted molar refractivity (Wildman–Crippen MR) is 94.5 cm³/mol. The minimum atomic E-state index is -0.198. The fourth-order valence-electron chi connectivity index (χ4n) is 2.35. The average Bonchev–Trinajstić information content (AvgIpc) is 2.62. The molecule has 0 saturated carbocycles. The Bertz CT molecular complexity index is 905. The summed E-state index contributed by atoms with van der Waals surface area (Å²) in [6, 6.07) is 14.7. The number of carbonyl (C=O) groups excluding carboxylic acids is 1. The van der Waals surface area contributed by atoms with Crippen molar-refractivity contribution in [2.24, 2.45) is 10.9 Å². The first-order valence-corrected chi connectivity index (χ1v) is 7.28. The molecule has 24 heavy (non-hydrogen) atoms. The lowest BCUT2D eigenvalue weighted by atomic mass is 10.0. The molecule has 1 aromatic heterocycles. The first kappa shape index (κ1) is 15.5. The summed E-state index contributed by atoms with van der Waals surface area (Å²) in [6.45, 7) is 0. The Morgan fingerprint density at radius 2 is 1.96 bits per heavy atom. The Labute approximate surface area is 139 Å². The molecule has 0 aliphatic heterocycles. The molecule has 0 fully saturated rings. The van der Waals surface area contributed by atoms with E-state index in [0.29, 0.717) is 17.1 Å². The van der Waals surface area contributed by atoms with E-state index in [4.69, 9.17) is 10.6 Å². The molecule has 3 rings (SSSR count). The molecule has 1 heterocycles. The topological polar surface area (TPSA) is 89.6 Å². The van der Waals surface area contributed by atoms with E-state index in [1.807, 2.05) is 30.3 Å². The van der Waals surface area contributed by atoms with Crippen LogP contribution >= 0.6 is 0 Å². The van der Waals surface area contributed by atoms with Gasteiger partial charge in [0, 0.05) is 11.6 Å². The molecule has 0 unspecified atom stereocenters. The highest BCUT2D eigenvalue weighted by Crippen LogP contribution is 2.19. The summed E-state index contributed by atoms with van der Waals surface area (Å²) in [5.41, 5.74) is 2.08. The number of aromatic nitrogens is 1. The molecule has 3 N–H and O–H groups in total. The van der Waals surface area contributed by atoms with Gasteiger partial charge in [0.2, 0.25) is 5.88 Å². The summed E-state index contributed by atoms with van der Waals surface area (Å²) in [7, 11) is 1.54. The van der Waals surface area contributed by atoms with E-state index < -0.39 is 0 Å². The average molecular weight is 320 g/mol. The standard InChI is InChI=1S/C18H16N4O2/c1-24-17-7-6-16(11-20-17)22-18(23)15-5-4-13-8-12(10-21-19)2-3-14(13)9-15/h2-11H,19H2,1H3,(H,22,23). The van der Waals surface area contributed by atoms with Gasteiger partial charge >= 0.3 is 0 Å². The van der Waals surface area contributed by atoms with E-state index in [2.05, 4.69) is 15.4 Å². The van der Waals surface area contributed by atoms with Crippen molar-refractivity contribution in [3.8, 4) is 5.88 Å². The number of hydrazone groups is 1. The summed E-state index contributed by atoms with van der Waals surface area (Å²) in [4.78, 5) is 16.4. The summed E-state index contributed by atoms with van der Waals surface area (Å²) in [5, 5.41) is 8.30. The monoisotopic (exact) mass is 320 g/mol. The Hall–Kier alpha value is -3.41. The van der Waals surface area contributed by atoms with Crippen molar-refractivity contribution in [1.29, 1.82) is 0 Å². The van der Waals surface area contributed by atoms with E-state index in [-0.39, 0.29) is 5.91 Å². The lowest BCUT2D eigenvalue weighted by molar-refractivity contribution is 0.102. The molecule has 0 atom stereocenters. The van der Waals surface area contributed by atoms with Gasteiger partial charge in [-0.25, -0.2) is 4.98 Å². The third-order valence-electron chi connectivity index (χ3n) is 3.55. The van der Waals surface area contributed by atoms with Crippen LogP contribution in [0.3, 0.4) is 0 Å². The van der Waals surface area contributed by atoms with Crippen LogP contribution in [0, 0.1) is 0 Å². The minimum absolute atomic E-state index is 0.198. The van der Waals surface area contributed by atoms with Crippen LogP contribution in [0.15, 0.2) is 59.8 Å². The van der Waals surface area contributed by atoms with Gasteiger partial charge in [0.15, 0.2) is 0 Å². The van der Waals surface area contributed by atoms with Crippen molar-refractivity contribution in [3.63, 3.8) is 0 Å². The van der Waals surface area contributed by atoms with Crippen molar-refractivity contribution in [1.82, 2.24) is 4.98 Å². The molecule has 2 aromatic carbocycles. The van der Waals surface area contributed by atoms with Gasteiger partial charge in [0.25, 0.3) is 5.91 Å². The van der Waals surface area contributed by atoms with Gasteiger partial charge in [0.05, 0.1) is 25.2 Å². The fraction of sp³-hybridized carbons (Fsp3) is 0.0556. The summed E-state index contributed by atoms with van der Waals surface area (Å²) >= 11 is 0. The Kier molecular flexibility index (Phi) is 4.38. The third-order valence-corrected chi connectivity index (χ3v) is 3.55. The lowest BCUT2D eigenvalue weighted by Crippen LogP contribution is -2.12. The first-order valence-electron chi connectivity index (χ1n) is 7.28. The van der Waals surface area contributed by atoms with Crippen molar-refractivity contribution >= 4 is 28.6 Å². The second kappa shape index (κ2) is 6.78. The maximum absolute atomic E-state index is 12.4. The number of fused-ring (bicyclic) bond motifs is 1. The summed E-state index contributed by atoms with van der Waals surface area (Å²) in [5.74, 6) is 5.46. The quantitative estimate of drug-likeness (QED) is 0.439. The number of amides is 1. The van der Waals surface area contributed by atoms with Gasteiger partial charge in [-0.05, 0) is 40.6 Å². The zero-order valence-corrected chi connectivity index (χ0v) is 13.1. The van der Waals surface area contributed by atoms with Crippen molar-refractivity contribution < 1.29 is 9.53 Å². The smallest absolute Gasteiger partial charge is 0.255 e. The third kappa shape index (κ3) is 3.33. The molecule has 3 aromatic rings. The van der Waals surface area contributed by atoms with E-state index in [1.165, 1.54) is 0 Å². The SMILES string of the molecule is COc1ccc(NC(=O)c2ccc3cc(C=NN)ccc3c2)cn1. The molecule has 6 heteroatoms. The first-order chi connectivity index (χ1) is 11.7. The van der Waals surface area contributed by atoms with Crippen LogP contribution in [0.25, 0.3) is 10.8 Å². The number of anilines is 1. The normalized spacial score (nSPS) is 10.9. The van der Waals surface area contributed by atoms with Crippen molar-refractivity contribution in [3.05, 3.63) is 65.9 Å². The predicted octanol–water partition coefficient (Wildman–Crippen LogP) is 2.79. The molecule has 0 aliphatic rings. The summed E-state index contributed by atoms with van der Waals surface area (Å²) in [6.07, 6.45) is 3.13. The highest BCUT2D eigenvalue weighted by atomic mass is 16.5. The minimum Gasteiger partial charge on any atom is -0.481 e.